The summed E-state index contributed by atoms with van der Waals surface area (Å²) in [5.41, 5.74) is 0.864. The molecule has 0 aliphatic rings. The molecule has 1 unspecified atom stereocenters. The van der Waals surface area contributed by atoms with Gasteiger partial charge in [-0.3, -0.25) is 0 Å². The van der Waals surface area contributed by atoms with Crippen molar-refractivity contribution in [3.63, 3.8) is 0 Å². The van der Waals surface area contributed by atoms with E-state index < -0.39 is 0 Å². The van der Waals surface area contributed by atoms with Crippen LogP contribution in [-0.2, 0) is 6.54 Å². The number of nitrogens with zero attached hydrogens (tertiary/aromatic N) is 4. The molecular weight excluding hydrogens is 266 g/mol. The minimum atomic E-state index is 0.0588. The first-order chi connectivity index (χ1) is 9.17. The Hall–Kier alpha value is -1.66. The molecule has 102 valence electrons. The molecule has 19 heavy (non-hydrogen) atoms. The minimum Gasteiger partial charge on any atom is -0.496 e. The summed E-state index contributed by atoms with van der Waals surface area (Å²) < 4.78 is 7.03. The van der Waals surface area contributed by atoms with Gasteiger partial charge in [0.05, 0.1) is 19.7 Å². The maximum absolute atomic E-state index is 6.21. The number of nitrogens with one attached hydrogen (secondary N) is 1. The number of hydrogen-bond donors (Lipinski definition) is 1. The lowest BCUT2D eigenvalue weighted by molar-refractivity contribution is 0.406. The summed E-state index contributed by atoms with van der Waals surface area (Å²) >= 11 is 6.21. The molecule has 0 aliphatic carbocycles. The zero-order chi connectivity index (χ0) is 13.8. The Morgan fingerprint density at radius 2 is 2.26 bits per heavy atom. The molecule has 1 heterocycles. The first kappa shape index (κ1) is 13.8. The quantitative estimate of drug-likeness (QED) is 0.903. The number of hydrogen-bond acceptors (Lipinski definition) is 5. The summed E-state index contributed by atoms with van der Waals surface area (Å²) in [4.78, 5) is 0. The van der Waals surface area contributed by atoms with E-state index in [1.54, 1.807) is 11.8 Å². The largest absolute Gasteiger partial charge is 0.496 e. The lowest BCUT2D eigenvalue weighted by Crippen LogP contribution is -2.19. The van der Waals surface area contributed by atoms with Gasteiger partial charge in [0.1, 0.15) is 5.75 Å². The molecule has 1 atom stereocenters. The van der Waals surface area contributed by atoms with E-state index in [9.17, 15) is 0 Å². The van der Waals surface area contributed by atoms with Gasteiger partial charge in [-0.1, -0.05) is 17.7 Å². The number of methoxy groups -OCH3 is 1. The predicted molar refractivity (Wildman–Crippen MR) is 72.4 cm³/mol. The van der Waals surface area contributed by atoms with Crippen LogP contribution in [0, 0.1) is 0 Å². The zero-order valence-electron chi connectivity index (χ0n) is 11.1. The fourth-order valence-electron chi connectivity index (χ4n) is 1.80. The van der Waals surface area contributed by atoms with Crippen molar-refractivity contribution >= 4 is 11.6 Å². The predicted octanol–water partition coefficient (Wildman–Crippen LogP) is 1.66. The molecule has 2 rings (SSSR count). The molecule has 0 saturated carbocycles. The van der Waals surface area contributed by atoms with Crippen LogP contribution in [0.1, 0.15) is 24.4 Å². The summed E-state index contributed by atoms with van der Waals surface area (Å²) in [6.45, 7) is 2.46. The third-order valence-electron chi connectivity index (χ3n) is 2.98. The lowest BCUT2D eigenvalue weighted by Gasteiger charge is -2.13. The molecular formula is C12H16ClN5O. The van der Waals surface area contributed by atoms with Gasteiger partial charge < -0.3 is 10.1 Å². The Morgan fingerprint density at radius 1 is 1.47 bits per heavy atom. The number of tetrazole rings is 1. The molecule has 1 aromatic heterocycles. The molecule has 0 fully saturated rings. The topological polar surface area (TPSA) is 64.9 Å². The second-order valence-electron chi connectivity index (χ2n) is 4.13. The summed E-state index contributed by atoms with van der Waals surface area (Å²) in [5, 5.41) is 15.5. The van der Waals surface area contributed by atoms with Gasteiger partial charge in [0.25, 0.3) is 0 Å². The van der Waals surface area contributed by atoms with Gasteiger partial charge in [0.15, 0.2) is 5.82 Å². The van der Waals surface area contributed by atoms with Gasteiger partial charge in [-0.15, -0.1) is 5.10 Å². The summed E-state index contributed by atoms with van der Waals surface area (Å²) in [5.74, 6) is 1.48. The Labute approximate surface area is 116 Å². The van der Waals surface area contributed by atoms with Crippen molar-refractivity contribution < 1.29 is 4.74 Å². The Morgan fingerprint density at radius 3 is 2.95 bits per heavy atom. The van der Waals surface area contributed by atoms with Crippen LogP contribution < -0.4 is 10.1 Å². The maximum atomic E-state index is 6.21. The minimum absolute atomic E-state index is 0.0588. The van der Waals surface area contributed by atoms with E-state index in [4.69, 9.17) is 16.3 Å². The molecule has 0 aliphatic heterocycles. The molecule has 1 N–H and O–H groups in total. The van der Waals surface area contributed by atoms with Crippen molar-refractivity contribution in [1.82, 2.24) is 25.5 Å². The number of ether oxygens (including phenoxy) is 1. The third-order valence-corrected chi connectivity index (χ3v) is 3.34. The van der Waals surface area contributed by atoms with Crippen molar-refractivity contribution in [2.24, 2.45) is 0 Å². The highest BCUT2D eigenvalue weighted by Crippen LogP contribution is 2.27. The van der Waals surface area contributed by atoms with Crippen LogP contribution in [0.2, 0.25) is 5.02 Å². The van der Waals surface area contributed by atoms with Crippen LogP contribution in [0.5, 0.6) is 5.75 Å². The van der Waals surface area contributed by atoms with Gasteiger partial charge in [-0.25, -0.2) is 4.68 Å². The molecule has 7 heteroatoms. The number of benzene rings is 1. The molecule has 0 bridgehead atoms. The summed E-state index contributed by atoms with van der Waals surface area (Å²) in [7, 11) is 3.48. The standard InChI is InChI=1S/C12H16ClN5O/c1-8(14-2)12-15-16-17-18(12)7-9-10(13)5-4-6-11(9)19-3/h4-6,8,14H,7H2,1-3H3. The second kappa shape index (κ2) is 5.99. The Balaban J connectivity index is 2.34. The van der Waals surface area contributed by atoms with Crippen LogP contribution in [0.25, 0.3) is 0 Å². The summed E-state index contributed by atoms with van der Waals surface area (Å²) in [6.07, 6.45) is 0. The third kappa shape index (κ3) is 2.85. The van der Waals surface area contributed by atoms with Crippen LogP contribution in [0.15, 0.2) is 18.2 Å². The van der Waals surface area contributed by atoms with Gasteiger partial charge in [0, 0.05) is 10.6 Å². The zero-order valence-corrected chi connectivity index (χ0v) is 11.8. The fourth-order valence-corrected chi connectivity index (χ4v) is 2.02. The van der Waals surface area contributed by atoms with Crippen LogP contribution in [-0.4, -0.2) is 34.4 Å². The number of aromatic nitrogens is 4. The smallest absolute Gasteiger partial charge is 0.168 e. The van der Waals surface area contributed by atoms with E-state index in [-0.39, 0.29) is 6.04 Å². The first-order valence-electron chi connectivity index (χ1n) is 5.92. The van der Waals surface area contributed by atoms with Gasteiger partial charge in [-0.2, -0.15) is 0 Å². The van der Waals surface area contributed by atoms with Crippen molar-refractivity contribution in [1.29, 1.82) is 0 Å². The van der Waals surface area contributed by atoms with E-state index in [0.717, 1.165) is 17.1 Å². The van der Waals surface area contributed by atoms with Crippen LogP contribution in [0.4, 0.5) is 0 Å². The van der Waals surface area contributed by atoms with E-state index in [1.807, 2.05) is 32.2 Å². The van der Waals surface area contributed by atoms with Crippen molar-refractivity contribution in [2.75, 3.05) is 14.2 Å². The van der Waals surface area contributed by atoms with Crippen molar-refractivity contribution in [3.05, 3.63) is 34.6 Å². The SMILES string of the molecule is CNC(C)c1nnnn1Cc1c(Cl)cccc1OC. The highest BCUT2D eigenvalue weighted by molar-refractivity contribution is 6.31. The fraction of sp³-hybridized carbons (Fsp3) is 0.417. The average Bonchev–Trinajstić information content (AvgIpc) is 2.88. The summed E-state index contributed by atoms with van der Waals surface area (Å²) in [6, 6.07) is 5.60. The molecule has 0 spiro atoms. The maximum Gasteiger partial charge on any atom is 0.168 e. The lowest BCUT2D eigenvalue weighted by atomic mass is 10.2. The second-order valence-corrected chi connectivity index (χ2v) is 4.53. The average molecular weight is 282 g/mol. The number of rotatable bonds is 5. The monoisotopic (exact) mass is 281 g/mol. The van der Waals surface area contributed by atoms with Gasteiger partial charge in [-0.05, 0) is 36.5 Å². The molecule has 0 saturated heterocycles. The van der Waals surface area contributed by atoms with Crippen LogP contribution in [0.3, 0.4) is 0 Å². The Kier molecular flexibility index (Phi) is 4.34. The van der Waals surface area contributed by atoms with E-state index >= 15 is 0 Å². The van der Waals surface area contributed by atoms with Crippen LogP contribution >= 0.6 is 11.6 Å². The highest BCUT2D eigenvalue weighted by atomic mass is 35.5. The first-order valence-corrected chi connectivity index (χ1v) is 6.30. The van der Waals surface area contributed by atoms with Crippen molar-refractivity contribution in [2.45, 2.75) is 19.5 Å². The van der Waals surface area contributed by atoms with Gasteiger partial charge in [0.2, 0.25) is 0 Å². The molecule has 0 radical (unpaired) electrons. The highest BCUT2D eigenvalue weighted by Gasteiger charge is 2.16. The van der Waals surface area contributed by atoms with E-state index in [2.05, 4.69) is 20.8 Å². The number of halogens is 1. The Bertz CT molecular complexity index is 557. The van der Waals surface area contributed by atoms with E-state index in [0.29, 0.717) is 11.6 Å². The van der Waals surface area contributed by atoms with E-state index in [1.165, 1.54) is 0 Å². The normalized spacial score (nSPS) is 12.4. The van der Waals surface area contributed by atoms with Gasteiger partial charge >= 0.3 is 0 Å². The molecule has 6 nitrogen and oxygen atoms in total. The molecule has 1 aromatic carbocycles. The molecule has 2 aromatic rings. The molecule has 0 amide bonds. The van der Waals surface area contributed by atoms with Crippen molar-refractivity contribution in [3.8, 4) is 5.75 Å².